The molecule has 1 aliphatic heterocycles. The minimum absolute atomic E-state index is 0.154. The van der Waals surface area contributed by atoms with E-state index in [2.05, 4.69) is 4.98 Å². The summed E-state index contributed by atoms with van der Waals surface area (Å²) in [6, 6.07) is 6.79. The van der Waals surface area contributed by atoms with Crippen molar-refractivity contribution in [3.63, 3.8) is 0 Å². The summed E-state index contributed by atoms with van der Waals surface area (Å²) < 4.78 is 13.8. The van der Waals surface area contributed by atoms with Gasteiger partial charge in [-0.25, -0.2) is 9.37 Å². The fourth-order valence-corrected chi connectivity index (χ4v) is 3.25. The molecule has 0 bridgehead atoms. The van der Waals surface area contributed by atoms with Gasteiger partial charge in [-0.2, -0.15) is 0 Å². The van der Waals surface area contributed by atoms with Gasteiger partial charge in [-0.3, -0.25) is 4.79 Å². The van der Waals surface area contributed by atoms with E-state index in [1.54, 1.807) is 29.0 Å². The summed E-state index contributed by atoms with van der Waals surface area (Å²) in [7, 11) is 0. The molecule has 6 heteroatoms. The third-order valence-corrected chi connectivity index (χ3v) is 4.54. The number of rotatable bonds is 4. The Hall–Kier alpha value is -1.95. The number of piperazine rings is 1. The minimum atomic E-state index is -0.203. The molecule has 1 fully saturated rings. The monoisotopic (exact) mass is 319 g/mol. The van der Waals surface area contributed by atoms with E-state index in [1.165, 1.54) is 6.07 Å². The van der Waals surface area contributed by atoms with Gasteiger partial charge >= 0.3 is 0 Å². The van der Waals surface area contributed by atoms with Crippen molar-refractivity contribution in [2.24, 2.45) is 0 Å². The Bertz CT molecular complexity index is 624. The highest BCUT2D eigenvalue weighted by atomic mass is 32.1. The second kappa shape index (κ2) is 6.87. The zero-order chi connectivity index (χ0) is 15.4. The summed E-state index contributed by atoms with van der Waals surface area (Å²) >= 11 is 1.55. The van der Waals surface area contributed by atoms with E-state index in [9.17, 15) is 9.18 Å². The number of aromatic nitrogens is 1. The topological polar surface area (TPSA) is 36.4 Å². The zero-order valence-corrected chi connectivity index (χ0v) is 13.1. The van der Waals surface area contributed by atoms with Crippen molar-refractivity contribution < 1.29 is 9.18 Å². The number of benzene rings is 1. The van der Waals surface area contributed by atoms with Crippen LogP contribution in [0.1, 0.15) is 12.1 Å². The molecule has 4 nitrogen and oxygen atoms in total. The van der Waals surface area contributed by atoms with Crippen molar-refractivity contribution in [3.05, 3.63) is 46.7 Å². The molecule has 0 spiro atoms. The van der Waals surface area contributed by atoms with Gasteiger partial charge in [-0.1, -0.05) is 12.1 Å². The lowest BCUT2D eigenvalue weighted by atomic mass is 10.2. The number of carbonyl (C=O) groups is 1. The lowest BCUT2D eigenvalue weighted by molar-refractivity contribution is -0.131. The van der Waals surface area contributed by atoms with E-state index in [1.807, 2.05) is 21.2 Å². The molecule has 1 saturated heterocycles. The molecule has 1 aliphatic rings. The molecule has 0 radical (unpaired) electrons. The van der Waals surface area contributed by atoms with Crippen LogP contribution in [-0.4, -0.2) is 42.0 Å². The number of amides is 1. The Labute approximate surface area is 133 Å². The number of para-hydroxylation sites is 1. The Morgan fingerprint density at radius 2 is 2.00 bits per heavy atom. The summed E-state index contributed by atoms with van der Waals surface area (Å²) in [5, 5.41) is 1.98. The highest BCUT2D eigenvalue weighted by Gasteiger charge is 2.22. The van der Waals surface area contributed by atoms with Crippen LogP contribution in [0.25, 0.3) is 0 Å². The van der Waals surface area contributed by atoms with E-state index < -0.39 is 0 Å². The summed E-state index contributed by atoms with van der Waals surface area (Å²) in [6.45, 7) is 2.63. The molecule has 1 aromatic heterocycles. The van der Waals surface area contributed by atoms with Crippen molar-refractivity contribution >= 4 is 22.9 Å². The SMILES string of the molecule is O=C(CCc1cscn1)N1CCN(c2ccccc2F)CC1. The molecule has 2 heterocycles. The molecular weight excluding hydrogens is 301 g/mol. The first kappa shape index (κ1) is 15.0. The number of carbonyl (C=O) groups excluding carboxylic acids is 1. The summed E-state index contributed by atoms with van der Waals surface area (Å²) in [6.07, 6.45) is 1.18. The molecule has 116 valence electrons. The van der Waals surface area contributed by atoms with Gasteiger partial charge in [0.15, 0.2) is 0 Å². The van der Waals surface area contributed by atoms with E-state index in [0.29, 0.717) is 44.7 Å². The number of aryl methyl sites for hydroxylation is 1. The first-order valence-electron chi connectivity index (χ1n) is 7.38. The number of nitrogens with zero attached hydrogens (tertiary/aromatic N) is 3. The summed E-state index contributed by atoms with van der Waals surface area (Å²) in [5.41, 5.74) is 3.38. The quantitative estimate of drug-likeness (QED) is 0.869. The van der Waals surface area contributed by atoms with Gasteiger partial charge in [0.05, 0.1) is 16.9 Å². The number of halogens is 1. The summed E-state index contributed by atoms with van der Waals surface area (Å²) in [5.74, 6) is -0.0491. The fourth-order valence-electron chi connectivity index (χ4n) is 2.66. The predicted molar refractivity (Wildman–Crippen MR) is 85.6 cm³/mol. The molecule has 0 atom stereocenters. The van der Waals surface area contributed by atoms with Crippen molar-refractivity contribution in [1.29, 1.82) is 0 Å². The standard InChI is InChI=1S/C16H18FN3OS/c17-14-3-1-2-4-15(14)19-7-9-20(10-8-19)16(21)6-5-13-11-22-12-18-13/h1-4,11-12H,5-10H2. The van der Waals surface area contributed by atoms with Crippen LogP contribution >= 0.6 is 11.3 Å². The number of hydrogen-bond acceptors (Lipinski definition) is 4. The average Bonchev–Trinajstić information content (AvgIpc) is 3.07. The lowest BCUT2D eigenvalue weighted by Crippen LogP contribution is -2.49. The Morgan fingerprint density at radius 1 is 1.23 bits per heavy atom. The van der Waals surface area contributed by atoms with Gasteiger partial charge < -0.3 is 9.80 Å². The van der Waals surface area contributed by atoms with Crippen LogP contribution in [0, 0.1) is 5.82 Å². The summed E-state index contributed by atoms with van der Waals surface area (Å²) in [4.78, 5) is 20.3. The van der Waals surface area contributed by atoms with E-state index in [0.717, 1.165) is 5.69 Å². The van der Waals surface area contributed by atoms with Gasteiger partial charge in [0.2, 0.25) is 5.91 Å². The van der Waals surface area contributed by atoms with E-state index in [-0.39, 0.29) is 11.7 Å². The van der Waals surface area contributed by atoms with Crippen molar-refractivity contribution in [1.82, 2.24) is 9.88 Å². The predicted octanol–water partition coefficient (Wildman–Crippen LogP) is 2.56. The lowest BCUT2D eigenvalue weighted by Gasteiger charge is -2.36. The molecule has 22 heavy (non-hydrogen) atoms. The molecule has 2 aromatic rings. The highest BCUT2D eigenvalue weighted by Crippen LogP contribution is 2.20. The molecule has 0 aliphatic carbocycles. The van der Waals surface area contributed by atoms with Crippen LogP contribution in [0.15, 0.2) is 35.2 Å². The van der Waals surface area contributed by atoms with Crippen LogP contribution in [0.3, 0.4) is 0 Å². The van der Waals surface area contributed by atoms with Gasteiger partial charge in [-0.15, -0.1) is 11.3 Å². The maximum atomic E-state index is 13.8. The molecular formula is C16H18FN3OS. The molecule has 1 aromatic carbocycles. The Morgan fingerprint density at radius 3 is 2.68 bits per heavy atom. The molecule has 3 rings (SSSR count). The molecule has 0 unspecified atom stereocenters. The second-order valence-electron chi connectivity index (χ2n) is 5.30. The highest BCUT2D eigenvalue weighted by molar-refractivity contribution is 7.07. The molecule has 1 amide bonds. The van der Waals surface area contributed by atoms with E-state index >= 15 is 0 Å². The normalized spacial score (nSPS) is 15.1. The first-order chi connectivity index (χ1) is 10.7. The largest absolute Gasteiger partial charge is 0.366 e. The minimum Gasteiger partial charge on any atom is -0.366 e. The number of thiazole rings is 1. The maximum absolute atomic E-state index is 13.8. The van der Waals surface area contributed by atoms with Crippen LogP contribution < -0.4 is 4.90 Å². The van der Waals surface area contributed by atoms with Crippen LogP contribution in [0.4, 0.5) is 10.1 Å². The first-order valence-corrected chi connectivity index (χ1v) is 8.32. The third-order valence-electron chi connectivity index (χ3n) is 3.90. The zero-order valence-electron chi connectivity index (χ0n) is 12.2. The average molecular weight is 319 g/mol. The van der Waals surface area contributed by atoms with Gasteiger partial charge in [0.25, 0.3) is 0 Å². The molecule has 0 N–H and O–H groups in total. The molecule has 0 saturated carbocycles. The second-order valence-corrected chi connectivity index (χ2v) is 6.02. The fraction of sp³-hybridized carbons (Fsp3) is 0.375. The van der Waals surface area contributed by atoms with Crippen molar-refractivity contribution in [3.8, 4) is 0 Å². The van der Waals surface area contributed by atoms with Crippen LogP contribution in [-0.2, 0) is 11.2 Å². The van der Waals surface area contributed by atoms with E-state index in [4.69, 9.17) is 0 Å². The Balaban J connectivity index is 1.51. The van der Waals surface area contributed by atoms with Crippen LogP contribution in [0.2, 0.25) is 0 Å². The number of anilines is 1. The van der Waals surface area contributed by atoms with Crippen molar-refractivity contribution in [2.75, 3.05) is 31.1 Å². The smallest absolute Gasteiger partial charge is 0.223 e. The Kier molecular flexibility index (Phi) is 4.68. The van der Waals surface area contributed by atoms with Crippen molar-refractivity contribution in [2.45, 2.75) is 12.8 Å². The van der Waals surface area contributed by atoms with Gasteiger partial charge in [0, 0.05) is 38.0 Å². The maximum Gasteiger partial charge on any atom is 0.223 e. The number of hydrogen-bond donors (Lipinski definition) is 0. The van der Waals surface area contributed by atoms with Gasteiger partial charge in [0.1, 0.15) is 5.82 Å². The van der Waals surface area contributed by atoms with Gasteiger partial charge in [-0.05, 0) is 18.6 Å². The third kappa shape index (κ3) is 3.44. The van der Waals surface area contributed by atoms with Crippen LogP contribution in [0.5, 0.6) is 0 Å².